The third kappa shape index (κ3) is 4.71. The molecule has 0 fully saturated rings. The fourth-order valence-electron chi connectivity index (χ4n) is 2.86. The molecule has 0 aliphatic heterocycles. The van der Waals surface area contributed by atoms with E-state index in [2.05, 4.69) is 10.1 Å². The lowest BCUT2D eigenvalue weighted by atomic mass is 10.0. The van der Waals surface area contributed by atoms with Gasteiger partial charge in [-0.1, -0.05) is 12.1 Å². The van der Waals surface area contributed by atoms with Crippen molar-refractivity contribution in [2.45, 2.75) is 6.54 Å². The van der Waals surface area contributed by atoms with Crippen molar-refractivity contribution in [3.63, 3.8) is 0 Å². The van der Waals surface area contributed by atoms with Crippen LogP contribution >= 0.6 is 0 Å². The molecule has 7 nitrogen and oxygen atoms in total. The molecule has 3 aromatic rings. The lowest BCUT2D eigenvalue weighted by Crippen LogP contribution is -2.33. The maximum absolute atomic E-state index is 13.1. The summed E-state index contributed by atoms with van der Waals surface area (Å²) in [6.45, 7) is 1.43. The van der Waals surface area contributed by atoms with Crippen molar-refractivity contribution in [2.75, 3.05) is 26.0 Å². The number of aryl methyl sites for hydroxylation is 1. The van der Waals surface area contributed by atoms with Crippen LogP contribution in [0.4, 0.5) is 5.69 Å². The number of aromatic nitrogens is 3. The van der Waals surface area contributed by atoms with E-state index in [-0.39, 0.29) is 5.91 Å². The number of anilines is 1. The molecule has 0 bridgehead atoms. The molecule has 0 atom stereocenters. The molecule has 1 aromatic carbocycles. The summed E-state index contributed by atoms with van der Waals surface area (Å²) in [5.41, 5.74) is 9.76. The van der Waals surface area contributed by atoms with Crippen LogP contribution in [0.5, 0.6) is 0 Å². The third-order valence-corrected chi connectivity index (χ3v) is 4.19. The highest BCUT2D eigenvalue weighted by molar-refractivity contribution is 5.95. The first-order chi connectivity index (χ1) is 13.1. The zero-order valence-corrected chi connectivity index (χ0v) is 15.5. The fraction of sp³-hybridized carbons (Fsp3) is 0.250. The van der Waals surface area contributed by atoms with E-state index in [1.54, 1.807) is 35.3 Å². The standard InChI is InChI=1S/C20H23N5O2/c1-24-13-15(10-23-24)14-25(6-7-27-2)20(26)17-5-3-4-16(8-17)18-9-19(21)12-22-11-18/h3-5,8-13H,6-7,14,21H2,1-2H3. The first kappa shape index (κ1) is 18.6. The summed E-state index contributed by atoms with van der Waals surface area (Å²) in [7, 11) is 3.48. The molecule has 0 aliphatic rings. The summed E-state index contributed by atoms with van der Waals surface area (Å²) < 4.78 is 6.89. The zero-order chi connectivity index (χ0) is 19.2. The van der Waals surface area contributed by atoms with Gasteiger partial charge in [0.1, 0.15) is 0 Å². The number of hydrogen-bond donors (Lipinski definition) is 1. The Hall–Kier alpha value is -3.19. The van der Waals surface area contributed by atoms with E-state index in [4.69, 9.17) is 10.5 Å². The fourth-order valence-corrected chi connectivity index (χ4v) is 2.86. The molecular formula is C20H23N5O2. The second-order valence-electron chi connectivity index (χ2n) is 6.33. The lowest BCUT2D eigenvalue weighted by Gasteiger charge is -2.22. The number of amides is 1. The number of ether oxygens (including phenoxy) is 1. The Morgan fingerprint density at radius 1 is 1.22 bits per heavy atom. The molecule has 140 valence electrons. The summed E-state index contributed by atoms with van der Waals surface area (Å²) in [4.78, 5) is 19.0. The number of nitrogens with zero attached hydrogens (tertiary/aromatic N) is 4. The maximum Gasteiger partial charge on any atom is 0.254 e. The van der Waals surface area contributed by atoms with Gasteiger partial charge in [-0.3, -0.25) is 14.5 Å². The number of carbonyl (C=O) groups is 1. The van der Waals surface area contributed by atoms with Gasteiger partial charge in [0.2, 0.25) is 0 Å². The Balaban J connectivity index is 1.85. The number of methoxy groups -OCH3 is 1. The smallest absolute Gasteiger partial charge is 0.254 e. The van der Waals surface area contributed by atoms with E-state index in [9.17, 15) is 4.79 Å². The van der Waals surface area contributed by atoms with Crippen LogP contribution in [-0.4, -0.2) is 45.8 Å². The van der Waals surface area contributed by atoms with Gasteiger partial charge in [-0.15, -0.1) is 0 Å². The summed E-state index contributed by atoms with van der Waals surface area (Å²) in [6, 6.07) is 9.32. The summed E-state index contributed by atoms with van der Waals surface area (Å²) in [5, 5.41) is 4.17. The van der Waals surface area contributed by atoms with E-state index in [1.165, 1.54) is 0 Å². The second-order valence-corrected chi connectivity index (χ2v) is 6.33. The molecule has 0 aliphatic carbocycles. The molecule has 0 spiro atoms. The average Bonchev–Trinajstić information content (AvgIpc) is 3.09. The first-order valence-corrected chi connectivity index (χ1v) is 8.63. The predicted octanol–water partition coefficient (Wildman–Crippen LogP) is 2.35. The molecule has 2 aromatic heterocycles. The second kappa shape index (κ2) is 8.46. The Kier molecular flexibility index (Phi) is 5.83. The number of pyridine rings is 1. The normalized spacial score (nSPS) is 10.7. The topological polar surface area (TPSA) is 86.3 Å². The van der Waals surface area contributed by atoms with Crippen LogP contribution in [0.1, 0.15) is 15.9 Å². The zero-order valence-electron chi connectivity index (χ0n) is 15.5. The molecule has 0 unspecified atom stereocenters. The Labute approximate surface area is 158 Å². The molecule has 27 heavy (non-hydrogen) atoms. The van der Waals surface area contributed by atoms with Crippen LogP contribution in [0, 0.1) is 0 Å². The van der Waals surface area contributed by atoms with Crippen molar-refractivity contribution in [3.8, 4) is 11.1 Å². The van der Waals surface area contributed by atoms with Gasteiger partial charge in [0, 0.05) is 62.5 Å². The van der Waals surface area contributed by atoms with Gasteiger partial charge in [-0.25, -0.2) is 0 Å². The van der Waals surface area contributed by atoms with E-state index in [0.29, 0.717) is 30.9 Å². The highest BCUT2D eigenvalue weighted by Gasteiger charge is 2.17. The van der Waals surface area contributed by atoms with Gasteiger partial charge in [-0.05, 0) is 23.8 Å². The van der Waals surface area contributed by atoms with Crippen LogP contribution in [-0.2, 0) is 18.3 Å². The molecule has 1 amide bonds. The Morgan fingerprint density at radius 2 is 2.07 bits per heavy atom. The lowest BCUT2D eigenvalue weighted by molar-refractivity contribution is 0.0680. The first-order valence-electron chi connectivity index (χ1n) is 8.63. The largest absolute Gasteiger partial charge is 0.397 e. The molecule has 3 rings (SSSR count). The van der Waals surface area contributed by atoms with Crippen LogP contribution in [0.2, 0.25) is 0 Å². The monoisotopic (exact) mass is 365 g/mol. The van der Waals surface area contributed by atoms with E-state index in [1.807, 2.05) is 43.6 Å². The summed E-state index contributed by atoms with van der Waals surface area (Å²) in [6.07, 6.45) is 7.00. The van der Waals surface area contributed by atoms with Crippen molar-refractivity contribution in [3.05, 3.63) is 66.2 Å². The van der Waals surface area contributed by atoms with Crippen molar-refractivity contribution >= 4 is 11.6 Å². The van der Waals surface area contributed by atoms with Crippen LogP contribution in [0.15, 0.2) is 55.1 Å². The molecule has 0 radical (unpaired) electrons. The highest BCUT2D eigenvalue weighted by Crippen LogP contribution is 2.22. The molecule has 0 saturated carbocycles. The highest BCUT2D eigenvalue weighted by atomic mass is 16.5. The molecule has 7 heteroatoms. The number of nitrogens with two attached hydrogens (primary N) is 1. The van der Waals surface area contributed by atoms with Crippen molar-refractivity contribution in [1.29, 1.82) is 0 Å². The van der Waals surface area contributed by atoms with E-state index < -0.39 is 0 Å². The van der Waals surface area contributed by atoms with Crippen molar-refractivity contribution < 1.29 is 9.53 Å². The minimum atomic E-state index is -0.0605. The minimum Gasteiger partial charge on any atom is -0.397 e. The molecule has 2 heterocycles. The average molecular weight is 365 g/mol. The van der Waals surface area contributed by atoms with Crippen LogP contribution in [0.3, 0.4) is 0 Å². The maximum atomic E-state index is 13.1. The number of hydrogen-bond acceptors (Lipinski definition) is 5. The van der Waals surface area contributed by atoms with Gasteiger partial charge in [0.05, 0.1) is 18.5 Å². The van der Waals surface area contributed by atoms with E-state index in [0.717, 1.165) is 16.7 Å². The number of rotatable bonds is 7. The van der Waals surface area contributed by atoms with Gasteiger partial charge >= 0.3 is 0 Å². The predicted molar refractivity (Wildman–Crippen MR) is 104 cm³/mol. The van der Waals surface area contributed by atoms with Crippen molar-refractivity contribution in [1.82, 2.24) is 19.7 Å². The summed E-state index contributed by atoms with van der Waals surface area (Å²) in [5.74, 6) is -0.0605. The SMILES string of the molecule is COCCN(Cc1cnn(C)c1)C(=O)c1cccc(-c2cncc(N)c2)c1. The van der Waals surface area contributed by atoms with Crippen molar-refractivity contribution in [2.24, 2.45) is 7.05 Å². The molecule has 0 saturated heterocycles. The van der Waals surface area contributed by atoms with Gasteiger partial charge in [-0.2, -0.15) is 5.10 Å². The Morgan fingerprint density at radius 3 is 2.78 bits per heavy atom. The van der Waals surface area contributed by atoms with E-state index >= 15 is 0 Å². The summed E-state index contributed by atoms with van der Waals surface area (Å²) >= 11 is 0. The van der Waals surface area contributed by atoms with Gasteiger partial charge in [0.15, 0.2) is 0 Å². The van der Waals surface area contributed by atoms with Crippen LogP contribution in [0.25, 0.3) is 11.1 Å². The number of benzene rings is 1. The Bertz CT molecular complexity index is 922. The number of nitrogen functional groups attached to an aromatic ring is 1. The quantitative estimate of drug-likeness (QED) is 0.695. The molecular weight excluding hydrogens is 342 g/mol. The van der Waals surface area contributed by atoms with Gasteiger partial charge < -0.3 is 15.4 Å². The number of carbonyl (C=O) groups excluding carboxylic acids is 1. The molecule has 2 N–H and O–H groups in total. The van der Waals surface area contributed by atoms with Gasteiger partial charge in [0.25, 0.3) is 5.91 Å². The third-order valence-electron chi connectivity index (χ3n) is 4.19. The van der Waals surface area contributed by atoms with Crippen LogP contribution < -0.4 is 5.73 Å². The minimum absolute atomic E-state index is 0.0605.